The van der Waals surface area contributed by atoms with Gasteiger partial charge in [0, 0.05) is 25.3 Å². The average molecular weight is 450 g/mol. The number of hydrogen-bond acceptors (Lipinski definition) is 6. The van der Waals surface area contributed by atoms with Crippen molar-refractivity contribution in [2.45, 2.75) is 96.8 Å². The second-order valence-corrected chi connectivity index (χ2v) is 11.5. The molecule has 7 nitrogen and oxygen atoms in total. The maximum atomic E-state index is 13.0. The lowest BCUT2D eigenvalue weighted by molar-refractivity contribution is -0.200. The molecule has 0 aromatic rings. The monoisotopic (exact) mass is 449 g/mol. The first-order valence-electron chi connectivity index (χ1n) is 12.3. The first kappa shape index (κ1) is 23.7. The highest BCUT2D eigenvalue weighted by molar-refractivity contribution is 5.91. The summed E-state index contributed by atoms with van der Waals surface area (Å²) in [5, 5.41) is 26.1. The van der Waals surface area contributed by atoms with Crippen LogP contribution in [0.3, 0.4) is 0 Å². The van der Waals surface area contributed by atoms with Gasteiger partial charge in [0.25, 0.3) is 0 Å². The summed E-state index contributed by atoms with van der Waals surface area (Å²) < 4.78 is 4.92. The van der Waals surface area contributed by atoms with Crippen molar-refractivity contribution in [1.29, 1.82) is 0 Å². The zero-order chi connectivity index (χ0) is 23.5. The molecule has 0 aliphatic heterocycles. The third-order valence-corrected chi connectivity index (χ3v) is 10.0. The van der Waals surface area contributed by atoms with Crippen LogP contribution in [0.5, 0.6) is 0 Å². The van der Waals surface area contributed by atoms with Crippen molar-refractivity contribution in [3.05, 3.63) is 0 Å². The average Bonchev–Trinajstić information content (AvgIpc) is 2.97. The van der Waals surface area contributed by atoms with Crippen molar-refractivity contribution in [3.8, 4) is 0 Å². The number of amides is 1. The summed E-state index contributed by atoms with van der Waals surface area (Å²) in [6, 6.07) is 0.212. The topological polar surface area (TPSA) is 113 Å². The van der Waals surface area contributed by atoms with E-state index in [1.54, 1.807) is 6.92 Å². The first-order valence-corrected chi connectivity index (χ1v) is 12.3. The van der Waals surface area contributed by atoms with Crippen LogP contribution in [-0.4, -0.2) is 52.2 Å². The normalized spacial score (nSPS) is 47.6. The molecule has 4 rings (SSSR count). The minimum absolute atomic E-state index is 0.00108. The van der Waals surface area contributed by atoms with Gasteiger partial charge in [-0.3, -0.25) is 14.4 Å². The highest BCUT2D eigenvalue weighted by Gasteiger charge is 2.68. The van der Waals surface area contributed by atoms with E-state index in [1.165, 1.54) is 6.92 Å². The van der Waals surface area contributed by atoms with Crippen molar-refractivity contribution in [2.24, 2.45) is 34.5 Å². The lowest BCUT2D eigenvalue weighted by Gasteiger charge is -2.63. The van der Waals surface area contributed by atoms with Crippen LogP contribution >= 0.6 is 0 Å². The van der Waals surface area contributed by atoms with Gasteiger partial charge in [-0.25, -0.2) is 0 Å². The Morgan fingerprint density at radius 2 is 1.78 bits per heavy atom. The van der Waals surface area contributed by atoms with Crippen molar-refractivity contribution >= 4 is 17.7 Å². The standard InChI is InChI=1S/C25H39NO6/c1-14(27)26-17-7-9-23(3)16(11-17)5-6-18-19-8-10-25(31,21(30)13-32-15(2)28)24(19,4)12-20(29)22(18)23/h16-20,22,29,31H,5-13H2,1-4H3,(H,26,27)/t16?,17-,18?,19?,20-,22?,23-,24-,25-/m0/s1. The van der Waals surface area contributed by atoms with E-state index < -0.39 is 35.5 Å². The molecule has 0 bridgehead atoms. The third-order valence-electron chi connectivity index (χ3n) is 10.0. The second kappa shape index (κ2) is 8.08. The Labute approximate surface area is 190 Å². The van der Waals surface area contributed by atoms with E-state index in [2.05, 4.69) is 12.2 Å². The number of aliphatic hydroxyl groups excluding tert-OH is 1. The van der Waals surface area contributed by atoms with E-state index in [-0.39, 0.29) is 35.1 Å². The van der Waals surface area contributed by atoms with Gasteiger partial charge < -0.3 is 20.3 Å². The fourth-order valence-corrected chi connectivity index (χ4v) is 8.55. The highest BCUT2D eigenvalue weighted by atomic mass is 16.5. The summed E-state index contributed by atoms with van der Waals surface area (Å²) in [7, 11) is 0. The molecule has 32 heavy (non-hydrogen) atoms. The largest absolute Gasteiger partial charge is 0.458 e. The number of carbonyl (C=O) groups is 3. The number of Topliss-reactive ketones (excluding diaryl/α,β-unsaturated/α-hetero) is 1. The van der Waals surface area contributed by atoms with Crippen molar-refractivity contribution in [3.63, 3.8) is 0 Å². The van der Waals surface area contributed by atoms with Gasteiger partial charge in [-0.05, 0) is 80.5 Å². The molecule has 180 valence electrons. The van der Waals surface area contributed by atoms with E-state index in [0.29, 0.717) is 18.8 Å². The molecule has 1 amide bonds. The number of aliphatic hydroxyl groups is 2. The van der Waals surface area contributed by atoms with E-state index in [9.17, 15) is 24.6 Å². The Morgan fingerprint density at radius 1 is 1.06 bits per heavy atom. The molecular formula is C25H39NO6. The molecule has 4 fully saturated rings. The summed E-state index contributed by atoms with van der Waals surface area (Å²) in [5.74, 6) is 0.0589. The van der Waals surface area contributed by atoms with E-state index in [4.69, 9.17) is 4.74 Å². The Morgan fingerprint density at radius 3 is 2.44 bits per heavy atom. The van der Waals surface area contributed by atoms with Gasteiger partial charge in [0.15, 0.2) is 6.61 Å². The van der Waals surface area contributed by atoms with Crippen LogP contribution in [0, 0.1) is 34.5 Å². The quantitative estimate of drug-likeness (QED) is 0.568. The van der Waals surface area contributed by atoms with Gasteiger partial charge in [-0.1, -0.05) is 13.8 Å². The number of fused-ring (bicyclic) bond motifs is 5. The van der Waals surface area contributed by atoms with Crippen molar-refractivity contribution in [1.82, 2.24) is 5.32 Å². The van der Waals surface area contributed by atoms with E-state index in [0.717, 1.165) is 38.5 Å². The number of esters is 1. The molecule has 0 radical (unpaired) electrons. The maximum absolute atomic E-state index is 13.0. The van der Waals surface area contributed by atoms with Crippen LogP contribution in [0.15, 0.2) is 0 Å². The number of ketones is 1. The fourth-order valence-electron chi connectivity index (χ4n) is 8.55. The number of nitrogens with one attached hydrogen (secondary N) is 1. The van der Waals surface area contributed by atoms with Crippen LogP contribution < -0.4 is 5.32 Å². The number of rotatable bonds is 4. The summed E-state index contributed by atoms with van der Waals surface area (Å²) in [4.78, 5) is 35.7. The summed E-state index contributed by atoms with van der Waals surface area (Å²) in [6.07, 6.45) is 5.79. The van der Waals surface area contributed by atoms with Crippen molar-refractivity contribution < 1.29 is 29.3 Å². The third kappa shape index (κ3) is 3.51. The SMILES string of the molecule is CC(=O)N[C@H]1CC[C@@]2(C)C(CCC3C2[C@@H](O)C[C@@]2(C)C3CC[C@]2(O)C(=O)COC(C)=O)C1. The molecular weight excluding hydrogens is 410 g/mol. The summed E-state index contributed by atoms with van der Waals surface area (Å²) in [6.45, 7) is 6.68. The zero-order valence-electron chi connectivity index (χ0n) is 19.9. The Hall–Kier alpha value is -1.47. The summed E-state index contributed by atoms with van der Waals surface area (Å²) in [5.41, 5.74) is -2.29. The predicted molar refractivity (Wildman–Crippen MR) is 117 cm³/mol. The molecule has 0 aromatic carbocycles. The molecule has 0 heterocycles. The molecule has 4 saturated carbocycles. The van der Waals surface area contributed by atoms with Gasteiger partial charge in [-0.15, -0.1) is 0 Å². The van der Waals surface area contributed by atoms with Gasteiger partial charge >= 0.3 is 5.97 Å². The van der Waals surface area contributed by atoms with Crippen LogP contribution in [0.2, 0.25) is 0 Å². The Balaban J connectivity index is 1.57. The van der Waals surface area contributed by atoms with Crippen molar-refractivity contribution in [2.75, 3.05) is 6.61 Å². The summed E-state index contributed by atoms with van der Waals surface area (Å²) >= 11 is 0. The lowest BCUT2D eigenvalue weighted by atomic mass is 9.43. The van der Waals surface area contributed by atoms with Gasteiger partial charge in [0.2, 0.25) is 11.7 Å². The fraction of sp³-hybridized carbons (Fsp3) is 0.880. The Kier molecular flexibility index (Phi) is 5.98. The van der Waals surface area contributed by atoms with Crippen LogP contribution in [0.1, 0.15) is 79.1 Å². The highest BCUT2D eigenvalue weighted by Crippen LogP contribution is 2.68. The smallest absolute Gasteiger partial charge is 0.303 e. The van der Waals surface area contributed by atoms with Gasteiger partial charge in [0.05, 0.1) is 6.10 Å². The minimum atomic E-state index is -1.57. The number of carbonyl (C=O) groups excluding carboxylic acids is 3. The second-order valence-electron chi connectivity index (χ2n) is 11.5. The molecule has 9 atom stereocenters. The van der Waals surface area contributed by atoms with E-state index in [1.807, 2.05) is 6.92 Å². The molecule has 4 aliphatic rings. The van der Waals surface area contributed by atoms with Gasteiger partial charge in [0.1, 0.15) is 5.60 Å². The molecule has 7 heteroatoms. The maximum Gasteiger partial charge on any atom is 0.303 e. The Bertz CT molecular complexity index is 799. The van der Waals surface area contributed by atoms with Crippen LogP contribution in [0.4, 0.5) is 0 Å². The van der Waals surface area contributed by atoms with Crippen LogP contribution in [-0.2, 0) is 19.1 Å². The molecule has 4 aliphatic carbocycles. The molecule has 3 N–H and O–H groups in total. The van der Waals surface area contributed by atoms with E-state index >= 15 is 0 Å². The number of hydrogen-bond donors (Lipinski definition) is 3. The zero-order valence-corrected chi connectivity index (χ0v) is 19.9. The molecule has 4 unspecified atom stereocenters. The lowest BCUT2D eigenvalue weighted by Crippen LogP contribution is -2.63. The molecule has 0 saturated heterocycles. The molecule has 0 aromatic heterocycles. The number of ether oxygens (including phenoxy) is 1. The molecule has 0 spiro atoms. The first-order chi connectivity index (χ1) is 14.9. The van der Waals surface area contributed by atoms with Crippen LogP contribution in [0.25, 0.3) is 0 Å². The minimum Gasteiger partial charge on any atom is -0.458 e. The predicted octanol–water partition coefficient (Wildman–Crippen LogP) is 2.37. The van der Waals surface area contributed by atoms with Gasteiger partial charge in [-0.2, -0.15) is 0 Å².